The third-order valence-corrected chi connectivity index (χ3v) is 5.03. The summed E-state index contributed by atoms with van der Waals surface area (Å²) >= 11 is 0. The van der Waals surface area contributed by atoms with Crippen molar-refractivity contribution in [3.8, 4) is 0 Å². The number of carbonyl (C=O) groups excluding carboxylic acids is 2. The molecule has 0 spiro atoms. The van der Waals surface area contributed by atoms with Gasteiger partial charge in [0.1, 0.15) is 0 Å². The minimum Gasteiger partial charge on any atom is -0.378 e. The molecule has 1 heterocycles. The van der Waals surface area contributed by atoms with Gasteiger partial charge in [-0.25, -0.2) is 0 Å². The number of amides is 2. The Hall–Kier alpha value is -2.12. The Bertz CT molecular complexity index is 624. The van der Waals surface area contributed by atoms with Gasteiger partial charge in [-0.1, -0.05) is 0 Å². The van der Waals surface area contributed by atoms with E-state index in [2.05, 4.69) is 15.5 Å². The van der Waals surface area contributed by atoms with Gasteiger partial charge in [0.15, 0.2) is 12.6 Å². The molecule has 1 saturated heterocycles. The lowest BCUT2D eigenvalue weighted by Crippen LogP contribution is -3.15. The molecule has 0 aromatic heterocycles. The van der Waals surface area contributed by atoms with E-state index in [4.69, 9.17) is 4.74 Å². The number of likely N-dealkylation sites (N-methyl/N-ethyl adjacent to an activating group) is 1. The van der Waals surface area contributed by atoms with E-state index in [0.717, 1.165) is 55.4 Å². The second-order valence-corrected chi connectivity index (χ2v) is 7.22. The number of nitrogens with zero attached hydrogens (tertiary/aromatic N) is 1. The summed E-state index contributed by atoms with van der Waals surface area (Å²) in [7, 11) is 1.87. The van der Waals surface area contributed by atoms with Crippen LogP contribution in [0.15, 0.2) is 24.3 Å². The summed E-state index contributed by atoms with van der Waals surface area (Å²) in [6, 6.07) is 7.93. The van der Waals surface area contributed by atoms with Gasteiger partial charge in [-0.05, 0) is 44.0 Å². The molecule has 26 heavy (non-hydrogen) atoms. The van der Waals surface area contributed by atoms with Crippen LogP contribution in [0.3, 0.4) is 0 Å². The van der Waals surface area contributed by atoms with E-state index in [1.165, 1.54) is 0 Å². The lowest BCUT2D eigenvalue weighted by atomic mass is 10.2. The number of quaternary nitrogens is 1. The lowest BCUT2D eigenvalue weighted by Gasteiger charge is -2.29. The van der Waals surface area contributed by atoms with E-state index in [-0.39, 0.29) is 17.9 Å². The van der Waals surface area contributed by atoms with E-state index in [1.807, 2.05) is 38.2 Å². The first-order valence-electron chi connectivity index (χ1n) is 9.38. The standard InChI is InChI=1S/C19H28N4O3/c1-14(22(2)13-18(24)20-15-3-4-15)19(25)21-16-5-7-17(8-6-16)23-9-11-26-12-10-23/h5-8,14-15H,3-4,9-13H2,1-2H3,(H,20,24)(H,21,25)/p+1/t14-/m1/s1. The van der Waals surface area contributed by atoms with Crippen LogP contribution in [0.25, 0.3) is 0 Å². The highest BCUT2D eigenvalue weighted by molar-refractivity contribution is 5.94. The predicted molar refractivity (Wildman–Crippen MR) is 100 cm³/mol. The first-order chi connectivity index (χ1) is 12.5. The molecule has 2 fully saturated rings. The first-order valence-corrected chi connectivity index (χ1v) is 9.38. The van der Waals surface area contributed by atoms with Crippen LogP contribution < -0.4 is 20.4 Å². The molecule has 2 amide bonds. The second-order valence-electron chi connectivity index (χ2n) is 7.22. The molecule has 142 valence electrons. The number of hydrogen-bond donors (Lipinski definition) is 3. The van der Waals surface area contributed by atoms with Gasteiger partial charge < -0.3 is 25.2 Å². The normalized spacial score (nSPS) is 19.5. The zero-order valence-corrected chi connectivity index (χ0v) is 15.6. The largest absolute Gasteiger partial charge is 0.378 e. The van der Waals surface area contributed by atoms with Crippen LogP contribution in [0.5, 0.6) is 0 Å². The van der Waals surface area contributed by atoms with Crippen LogP contribution in [0.4, 0.5) is 11.4 Å². The van der Waals surface area contributed by atoms with Crippen molar-refractivity contribution in [3.63, 3.8) is 0 Å². The fraction of sp³-hybridized carbons (Fsp3) is 0.579. The van der Waals surface area contributed by atoms with Gasteiger partial charge in [0.2, 0.25) is 0 Å². The Balaban J connectivity index is 1.48. The Labute approximate surface area is 154 Å². The van der Waals surface area contributed by atoms with Crippen LogP contribution in [0, 0.1) is 0 Å². The Kier molecular flexibility index (Phi) is 6.11. The molecule has 7 nitrogen and oxygen atoms in total. The van der Waals surface area contributed by atoms with Crippen molar-refractivity contribution in [1.29, 1.82) is 0 Å². The molecule has 2 atom stereocenters. The molecule has 3 rings (SSSR count). The Morgan fingerprint density at radius 2 is 1.88 bits per heavy atom. The highest BCUT2D eigenvalue weighted by Gasteiger charge is 2.28. The topological polar surface area (TPSA) is 75.1 Å². The molecule has 0 bridgehead atoms. The fourth-order valence-electron chi connectivity index (χ4n) is 2.96. The Morgan fingerprint density at radius 1 is 1.23 bits per heavy atom. The van der Waals surface area contributed by atoms with E-state index < -0.39 is 0 Å². The zero-order chi connectivity index (χ0) is 18.5. The van der Waals surface area contributed by atoms with Crippen molar-refractivity contribution in [2.24, 2.45) is 0 Å². The van der Waals surface area contributed by atoms with Gasteiger partial charge in [0.25, 0.3) is 11.8 Å². The van der Waals surface area contributed by atoms with Crippen LogP contribution in [-0.4, -0.2) is 63.8 Å². The molecule has 1 aromatic carbocycles. The molecule has 1 saturated carbocycles. The highest BCUT2D eigenvalue weighted by atomic mass is 16.5. The molecule has 1 aliphatic carbocycles. The number of carbonyl (C=O) groups is 2. The number of benzene rings is 1. The van der Waals surface area contributed by atoms with Gasteiger partial charge in [0.05, 0.1) is 20.3 Å². The SMILES string of the molecule is C[C@H](C(=O)Nc1ccc(N2CCOCC2)cc1)[NH+](C)CC(=O)NC1CC1. The summed E-state index contributed by atoms with van der Waals surface area (Å²) in [5.41, 5.74) is 1.91. The molecule has 1 aliphatic heterocycles. The molecule has 2 aliphatic rings. The third kappa shape index (κ3) is 5.19. The quantitative estimate of drug-likeness (QED) is 0.620. The summed E-state index contributed by atoms with van der Waals surface area (Å²) in [5, 5.41) is 5.91. The molecular weight excluding hydrogens is 332 g/mol. The lowest BCUT2D eigenvalue weighted by molar-refractivity contribution is -0.885. The van der Waals surface area contributed by atoms with E-state index in [0.29, 0.717) is 12.6 Å². The average molecular weight is 361 g/mol. The predicted octanol–water partition coefficient (Wildman–Crippen LogP) is -0.356. The van der Waals surface area contributed by atoms with E-state index in [1.54, 1.807) is 0 Å². The van der Waals surface area contributed by atoms with Crippen molar-refractivity contribution in [2.75, 3.05) is 50.1 Å². The second kappa shape index (κ2) is 8.51. The summed E-state index contributed by atoms with van der Waals surface area (Å²) in [6.45, 7) is 5.43. The van der Waals surface area contributed by atoms with Crippen LogP contribution in [0.1, 0.15) is 19.8 Å². The third-order valence-electron chi connectivity index (χ3n) is 5.03. The van der Waals surface area contributed by atoms with Crippen molar-refractivity contribution in [2.45, 2.75) is 31.8 Å². The fourth-order valence-corrected chi connectivity index (χ4v) is 2.96. The van der Waals surface area contributed by atoms with E-state index in [9.17, 15) is 9.59 Å². The van der Waals surface area contributed by atoms with Crippen molar-refractivity contribution < 1.29 is 19.2 Å². The number of ether oxygens (including phenoxy) is 1. The maximum Gasteiger partial charge on any atom is 0.282 e. The minimum atomic E-state index is -0.307. The number of anilines is 2. The molecule has 1 aromatic rings. The molecule has 3 N–H and O–H groups in total. The maximum absolute atomic E-state index is 12.5. The molecule has 0 radical (unpaired) electrons. The zero-order valence-electron chi connectivity index (χ0n) is 15.6. The number of morpholine rings is 1. The molecule has 1 unspecified atom stereocenters. The van der Waals surface area contributed by atoms with Crippen LogP contribution in [-0.2, 0) is 14.3 Å². The van der Waals surface area contributed by atoms with Crippen molar-refractivity contribution in [1.82, 2.24) is 5.32 Å². The van der Waals surface area contributed by atoms with Gasteiger partial charge in [-0.15, -0.1) is 0 Å². The van der Waals surface area contributed by atoms with Crippen molar-refractivity contribution >= 4 is 23.2 Å². The molecule has 7 heteroatoms. The number of rotatable bonds is 7. The first kappa shape index (κ1) is 18.7. The van der Waals surface area contributed by atoms with Crippen LogP contribution in [0.2, 0.25) is 0 Å². The van der Waals surface area contributed by atoms with Gasteiger partial charge in [0, 0.05) is 30.5 Å². The van der Waals surface area contributed by atoms with Crippen LogP contribution >= 0.6 is 0 Å². The average Bonchev–Trinajstić information content (AvgIpc) is 3.46. The minimum absolute atomic E-state index is 0.0134. The summed E-state index contributed by atoms with van der Waals surface area (Å²) in [6.07, 6.45) is 2.14. The summed E-state index contributed by atoms with van der Waals surface area (Å²) in [5.74, 6) is -0.0691. The highest BCUT2D eigenvalue weighted by Crippen LogP contribution is 2.19. The Morgan fingerprint density at radius 3 is 2.50 bits per heavy atom. The maximum atomic E-state index is 12.5. The molecular formula is C19H29N4O3+. The van der Waals surface area contributed by atoms with Crippen molar-refractivity contribution in [3.05, 3.63) is 24.3 Å². The van der Waals surface area contributed by atoms with E-state index >= 15 is 0 Å². The van der Waals surface area contributed by atoms with Gasteiger partial charge in [-0.3, -0.25) is 9.59 Å². The van der Waals surface area contributed by atoms with Gasteiger partial charge >= 0.3 is 0 Å². The smallest absolute Gasteiger partial charge is 0.282 e. The van der Waals surface area contributed by atoms with Gasteiger partial charge in [-0.2, -0.15) is 0 Å². The monoisotopic (exact) mass is 361 g/mol. The summed E-state index contributed by atoms with van der Waals surface area (Å²) < 4.78 is 5.37. The number of nitrogens with one attached hydrogen (secondary N) is 3. The number of hydrogen-bond acceptors (Lipinski definition) is 4. The summed E-state index contributed by atoms with van der Waals surface area (Å²) in [4.78, 5) is 27.5.